The number of nitrogens with one attached hydrogen (secondary N) is 1. The van der Waals surface area contributed by atoms with Crippen LogP contribution in [-0.2, 0) is 0 Å². The minimum atomic E-state index is -0.625. The van der Waals surface area contributed by atoms with Crippen molar-refractivity contribution >= 4 is 46.2 Å². The number of non-ortho nitro benzene ring substituents is 1. The number of amides is 1. The third-order valence-corrected chi connectivity index (χ3v) is 5.14. The van der Waals surface area contributed by atoms with Gasteiger partial charge in [-0.25, -0.2) is 10.2 Å². The zero-order valence-electron chi connectivity index (χ0n) is 17.5. The smallest absolute Gasteiger partial charge is 0.343 e. The Bertz CT molecular complexity index is 1430. The number of fused-ring (bicyclic) bond motifs is 1. The van der Waals surface area contributed by atoms with E-state index in [1.165, 1.54) is 24.4 Å². The van der Waals surface area contributed by atoms with Gasteiger partial charge in [0.2, 0.25) is 0 Å². The zero-order valence-corrected chi connectivity index (χ0v) is 18.2. The molecule has 0 heterocycles. The fourth-order valence-electron chi connectivity index (χ4n) is 3.22. The molecule has 4 aromatic carbocycles. The van der Waals surface area contributed by atoms with Crippen LogP contribution in [0.15, 0.2) is 90.0 Å². The summed E-state index contributed by atoms with van der Waals surface area (Å²) in [6, 6.07) is 22.4. The quantitative estimate of drug-likeness (QED) is 0.133. The van der Waals surface area contributed by atoms with Gasteiger partial charge in [0, 0.05) is 28.3 Å². The first kappa shape index (κ1) is 22.6. The molecule has 9 heteroatoms. The fraction of sp³-hybridized carbons (Fsp3) is 0. The molecule has 168 valence electrons. The number of carbonyl (C=O) groups is 2. The fourth-order valence-corrected chi connectivity index (χ4v) is 3.35. The largest absolute Gasteiger partial charge is 0.422 e. The van der Waals surface area contributed by atoms with E-state index in [-0.39, 0.29) is 17.0 Å². The molecule has 8 nitrogen and oxygen atoms in total. The summed E-state index contributed by atoms with van der Waals surface area (Å²) >= 11 is 5.88. The summed E-state index contributed by atoms with van der Waals surface area (Å²) in [5.41, 5.74) is 3.02. The van der Waals surface area contributed by atoms with Gasteiger partial charge in [-0.2, -0.15) is 5.10 Å². The SMILES string of the molecule is O=C(N/N=C\c1c(OC(=O)c2ccc(Cl)cc2)ccc2ccccc12)c1cccc([N+](=O)[O-])c1. The van der Waals surface area contributed by atoms with E-state index in [9.17, 15) is 19.7 Å². The minimum absolute atomic E-state index is 0.0821. The van der Waals surface area contributed by atoms with Gasteiger partial charge in [0.1, 0.15) is 5.75 Å². The summed E-state index contributed by atoms with van der Waals surface area (Å²) in [5.74, 6) is -0.964. The maximum absolute atomic E-state index is 12.6. The Morgan fingerprint density at radius 3 is 2.47 bits per heavy atom. The maximum Gasteiger partial charge on any atom is 0.343 e. The molecule has 0 unspecified atom stereocenters. The number of hydrazone groups is 1. The van der Waals surface area contributed by atoms with Gasteiger partial charge in [0.25, 0.3) is 11.6 Å². The third-order valence-electron chi connectivity index (χ3n) is 4.89. The van der Waals surface area contributed by atoms with Crippen molar-refractivity contribution in [3.05, 3.63) is 117 Å². The Balaban J connectivity index is 1.61. The molecular weight excluding hydrogens is 458 g/mol. The van der Waals surface area contributed by atoms with Gasteiger partial charge in [-0.15, -0.1) is 0 Å². The number of esters is 1. The second-order valence-corrected chi connectivity index (χ2v) is 7.54. The zero-order chi connectivity index (χ0) is 24.1. The number of carbonyl (C=O) groups excluding carboxylic acids is 2. The summed E-state index contributed by atoms with van der Waals surface area (Å²) in [6.07, 6.45) is 1.36. The van der Waals surface area contributed by atoms with Gasteiger partial charge in [-0.3, -0.25) is 14.9 Å². The predicted molar refractivity (Wildman–Crippen MR) is 129 cm³/mol. The molecule has 1 amide bonds. The minimum Gasteiger partial charge on any atom is -0.422 e. The first-order valence-corrected chi connectivity index (χ1v) is 10.4. The van der Waals surface area contributed by atoms with E-state index in [4.69, 9.17) is 16.3 Å². The van der Waals surface area contributed by atoms with Crippen molar-refractivity contribution in [2.45, 2.75) is 0 Å². The highest BCUT2D eigenvalue weighted by molar-refractivity contribution is 6.30. The molecule has 0 saturated heterocycles. The molecule has 0 aliphatic rings. The van der Waals surface area contributed by atoms with Crippen molar-refractivity contribution in [2.24, 2.45) is 5.10 Å². The van der Waals surface area contributed by atoms with Crippen LogP contribution in [0, 0.1) is 10.1 Å². The van der Waals surface area contributed by atoms with E-state index in [1.54, 1.807) is 36.4 Å². The number of benzene rings is 4. The van der Waals surface area contributed by atoms with Crippen LogP contribution in [0.2, 0.25) is 5.02 Å². The second kappa shape index (κ2) is 9.93. The van der Waals surface area contributed by atoms with Gasteiger partial charge in [-0.05, 0) is 47.2 Å². The van der Waals surface area contributed by atoms with Crippen LogP contribution in [0.5, 0.6) is 5.75 Å². The number of nitro groups is 1. The van der Waals surface area contributed by atoms with Gasteiger partial charge in [0.05, 0.1) is 16.7 Å². The summed E-state index contributed by atoms with van der Waals surface area (Å²) in [6.45, 7) is 0. The molecule has 0 spiro atoms. The molecule has 34 heavy (non-hydrogen) atoms. The number of ether oxygens (including phenoxy) is 1. The number of hydrogen-bond acceptors (Lipinski definition) is 6. The Morgan fingerprint density at radius 2 is 1.71 bits per heavy atom. The van der Waals surface area contributed by atoms with E-state index < -0.39 is 16.8 Å². The lowest BCUT2D eigenvalue weighted by Crippen LogP contribution is -2.18. The second-order valence-electron chi connectivity index (χ2n) is 7.10. The number of nitro benzene ring substituents is 1. The number of rotatable bonds is 6. The average Bonchev–Trinajstić information content (AvgIpc) is 2.85. The summed E-state index contributed by atoms with van der Waals surface area (Å²) in [4.78, 5) is 35.4. The lowest BCUT2D eigenvalue weighted by Gasteiger charge is -2.10. The molecule has 0 bridgehead atoms. The van der Waals surface area contributed by atoms with Crippen LogP contribution in [0.1, 0.15) is 26.3 Å². The number of nitrogens with zero attached hydrogens (tertiary/aromatic N) is 2. The molecule has 0 aliphatic carbocycles. The molecule has 0 radical (unpaired) electrons. The number of hydrogen-bond donors (Lipinski definition) is 1. The highest BCUT2D eigenvalue weighted by atomic mass is 35.5. The third kappa shape index (κ3) is 5.08. The molecule has 0 atom stereocenters. The van der Waals surface area contributed by atoms with E-state index in [0.29, 0.717) is 16.1 Å². The first-order valence-electron chi connectivity index (χ1n) is 10.00. The van der Waals surface area contributed by atoms with Crippen LogP contribution in [0.3, 0.4) is 0 Å². The molecule has 0 saturated carbocycles. The Kier molecular flexibility index (Phi) is 6.61. The van der Waals surface area contributed by atoms with Crippen LogP contribution in [0.4, 0.5) is 5.69 Å². The molecule has 0 aromatic heterocycles. The Labute approximate surface area is 198 Å². The summed E-state index contributed by atoms with van der Waals surface area (Å²) in [7, 11) is 0. The van der Waals surface area contributed by atoms with Crippen molar-refractivity contribution < 1.29 is 19.2 Å². The molecular formula is C25H16ClN3O5. The highest BCUT2D eigenvalue weighted by Crippen LogP contribution is 2.27. The van der Waals surface area contributed by atoms with E-state index >= 15 is 0 Å². The van der Waals surface area contributed by atoms with Crippen LogP contribution < -0.4 is 10.2 Å². The van der Waals surface area contributed by atoms with E-state index in [0.717, 1.165) is 16.8 Å². The molecule has 1 N–H and O–H groups in total. The molecule has 4 aromatic rings. The topological polar surface area (TPSA) is 111 Å². The highest BCUT2D eigenvalue weighted by Gasteiger charge is 2.14. The number of halogens is 1. The Morgan fingerprint density at radius 1 is 0.941 bits per heavy atom. The van der Waals surface area contributed by atoms with E-state index in [1.807, 2.05) is 24.3 Å². The average molecular weight is 474 g/mol. The van der Waals surface area contributed by atoms with Crippen LogP contribution in [0.25, 0.3) is 10.8 Å². The standard InChI is InChI=1S/C25H16ClN3O5/c26-19-11-8-17(9-12-19)25(31)34-23-13-10-16-4-1-2-7-21(16)22(23)15-27-28-24(30)18-5-3-6-20(14-18)29(32)33/h1-15H,(H,28,30)/b27-15-. The van der Waals surface area contributed by atoms with Crippen molar-refractivity contribution in [3.8, 4) is 5.75 Å². The molecule has 4 rings (SSSR count). The summed E-state index contributed by atoms with van der Waals surface area (Å²) in [5, 5.41) is 17.0. The lowest BCUT2D eigenvalue weighted by molar-refractivity contribution is -0.384. The van der Waals surface area contributed by atoms with Crippen molar-refractivity contribution in [1.29, 1.82) is 0 Å². The predicted octanol–water partition coefficient (Wildman–Crippen LogP) is 5.38. The normalized spacial score (nSPS) is 10.9. The van der Waals surface area contributed by atoms with Crippen LogP contribution in [-0.4, -0.2) is 23.0 Å². The Hall–Kier alpha value is -4.56. The molecule has 0 aliphatic heterocycles. The molecule has 0 fully saturated rings. The van der Waals surface area contributed by atoms with Gasteiger partial charge < -0.3 is 4.74 Å². The first-order chi connectivity index (χ1) is 16.4. The summed E-state index contributed by atoms with van der Waals surface area (Å²) < 4.78 is 5.60. The monoisotopic (exact) mass is 473 g/mol. The maximum atomic E-state index is 12.6. The van der Waals surface area contributed by atoms with Crippen molar-refractivity contribution in [1.82, 2.24) is 5.43 Å². The van der Waals surface area contributed by atoms with Crippen molar-refractivity contribution in [3.63, 3.8) is 0 Å². The lowest BCUT2D eigenvalue weighted by atomic mass is 10.0. The van der Waals surface area contributed by atoms with Gasteiger partial charge >= 0.3 is 5.97 Å². The van der Waals surface area contributed by atoms with Crippen molar-refractivity contribution in [2.75, 3.05) is 0 Å². The van der Waals surface area contributed by atoms with Gasteiger partial charge in [0.15, 0.2) is 0 Å². The van der Waals surface area contributed by atoms with E-state index in [2.05, 4.69) is 10.5 Å². The van der Waals surface area contributed by atoms with Crippen LogP contribution >= 0.6 is 11.6 Å². The van der Waals surface area contributed by atoms with Gasteiger partial charge in [-0.1, -0.05) is 48.0 Å².